The molecule has 0 spiro atoms. The lowest BCUT2D eigenvalue weighted by Crippen LogP contribution is -2.44. The fourth-order valence-corrected chi connectivity index (χ4v) is 3.83. The van der Waals surface area contributed by atoms with Crippen molar-refractivity contribution in [3.63, 3.8) is 0 Å². The first-order valence-electron chi connectivity index (χ1n) is 10.2. The molecule has 1 fully saturated rings. The Bertz CT molecular complexity index is 847. The minimum atomic E-state index is 0.126. The van der Waals surface area contributed by atoms with Crippen molar-refractivity contribution in [2.45, 2.75) is 46.3 Å². The van der Waals surface area contributed by atoms with Gasteiger partial charge in [-0.1, -0.05) is 44.2 Å². The normalized spacial score (nSPS) is 17.0. The summed E-state index contributed by atoms with van der Waals surface area (Å²) < 4.78 is 5.03. The summed E-state index contributed by atoms with van der Waals surface area (Å²) in [7, 11) is 2.02. The molecule has 0 bridgehead atoms. The molecule has 1 aliphatic rings. The average molecular weight is 401 g/mol. The first-order valence-corrected chi connectivity index (χ1v) is 10.6. The predicted octanol–water partition coefficient (Wildman–Crippen LogP) is 4.05. The number of hydrogen-bond donors (Lipinski definition) is 1. The molecule has 1 aromatic carbocycles. The summed E-state index contributed by atoms with van der Waals surface area (Å²) in [5.41, 5.74) is 2.30. The third-order valence-electron chi connectivity index (χ3n) is 5.92. The summed E-state index contributed by atoms with van der Waals surface area (Å²) in [6, 6.07) is 10.6. The molecular weight excluding hydrogens is 368 g/mol. The van der Waals surface area contributed by atoms with Gasteiger partial charge in [0, 0.05) is 38.3 Å². The standard InChI is InChI=1S/C22H32N4OS/c1-16(2)17(3)23-21(27)19-10-12-25(13-11-19)15-26-14-20(24(4)22(26)28)18-8-6-5-7-9-18/h5-9,14,16-17,19H,10-13,15H2,1-4H3,(H,23,27). The summed E-state index contributed by atoms with van der Waals surface area (Å²) in [5, 5.41) is 3.17. The summed E-state index contributed by atoms with van der Waals surface area (Å²) in [6.07, 6.45) is 3.95. The molecule has 1 saturated heterocycles. The fourth-order valence-electron chi connectivity index (χ4n) is 3.62. The molecule has 3 rings (SSSR count). The molecule has 2 aromatic rings. The number of likely N-dealkylation sites (tertiary alicyclic amines) is 1. The maximum absolute atomic E-state index is 12.5. The minimum Gasteiger partial charge on any atom is -0.353 e. The number of piperidine rings is 1. The quantitative estimate of drug-likeness (QED) is 0.744. The van der Waals surface area contributed by atoms with Crippen LogP contribution in [0.3, 0.4) is 0 Å². The highest BCUT2D eigenvalue weighted by Gasteiger charge is 2.26. The van der Waals surface area contributed by atoms with E-state index in [1.165, 1.54) is 5.56 Å². The molecule has 1 aromatic heterocycles. The van der Waals surface area contributed by atoms with E-state index >= 15 is 0 Å². The molecule has 1 unspecified atom stereocenters. The Labute approximate surface area is 173 Å². The van der Waals surface area contributed by atoms with Crippen LogP contribution in [0.15, 0.2) is 36.5 Å². The van der Waals surface area contributed by atoms with E-state index in [1.807, 2.05) is 25.2 Å². The lowest BCUT2D eigenvalue weighted by atomic mass is 9.95. The molecule has 28 heavy (non-hydrogen) atoms. The average Bonchev–Trinajstić information content (AvgIpc) is 2.97. The second-order valence-electron chi connectivity index (χ2n) is 8.27. The van der Waals surface area contributed by atoms with E-state index in [-0.39, 0.29) is 17.9 Å². The highest BCUT2D eigenvalue weighted by atomic mass is 32.1. The van der Waals surface area contributed by atoms with Crippen LogP contribution in [0.2, 0.25) is 0 Å². The van der Waals surface area contributed by atoms with Crippen molar-refractivity contribution in [1.82, 2.24) is 19.4 Å². The molecule has 0 radical (unpaired) electrons. The lowest BCUT2D eigenvalue weighted by Gasteiger charge is -2.32. The third kappa shape index (κ3) is 4.73. The van der Waals surface area contributed by atoms with Gasteiger partial charge in [0.2, 0.25) is 5.91 Å². The number of nitrogens with one attached hydrogen (secondary N) is 1. The SMILES string of the molecule is CC(C)C(C)NC(=O)C1CCN(Cn2cc(-c3ccccc3)n(C)c2=S)CC1. The van der Waals surface area contributed by atoms with Gasteiger partial charge in [-0.3, -0.25) is 9.69 Å². The van der Waals surface area contributed by atoms with Gasteiger partial charge < -0.3 is 14.5 Å². The van der Waals surface area contributed by atoms with E-state index in [1.54, 1.807) is 0 Å². The molecule has 5 nitrogen and oxygen atoms in total. The van der Waals surface area contributed by atoms with Gasteiger partial charge in [0.25, 0.3) is 0 Å². The van der Waals surface area contributed by atoms with Gasteiger partial charge in [0.15, 0.2) is 4.77 Å². The van der Waals surface area contributed by atoms with Crippen LogP contribution in [-0.4, -0.2) is 39.1 Å². The van der Waals surface area contributed by atoms with Crippen molar-refractivity contribution in [2.75, 3.05) is 13.1 Å². The van der Waals surface area contributed by atoms with Crippen LogP contribution in [-0.2, 0) is 18.5 Å². The Hall–Kier alpha value is -1.92. The molecule has 1 aliphatic heterocycles. The van der Waals surface area contributed by atoms with E-state index < -0.39 is 0 Å². The summed E-state index contributed by atoms with van der Waals surface area (Å²) >= 11 is 5.65. The van der Waals surface area contributed by atoms with Gasteiger partial charge in [-0.15, -0.1) is 0 Å². The predicted molar refractivity (Wildman–Crippen MR) is 116 cm³/mol. The molecule has 0 saturated carbocycles. The number of nitrogens with zero attached hydrogens (tertiary/aromatic N) is 3. The Morgan fingerprint density at radius 3 is 2.43 bits per heavy atom. The van der Waals surface area contributed by atoms with Crippen molar-refractivity contribution in [3.05, 3.63) is 41.3 Å². The second-order valence-corrected chi connectivity index (χ2v) is 8.63. The van der Waals surface area contributed by atoms with Crippen LogP contribution in [0.5, 0.6) is 0 Å². The molecule has 6 heteroatoms. The van der Waals surface area contributed by atoms with Crippen LogP contribution in [0.1, 0.15) is 33.6 Å². The zero-order chi connectivity index (χ0) is 20.3. The first-order chi connectivity index (χ1) is 13.4. The van der Waals surface area contributed by atoms with Crippen LogP contribution in [0, 0.1) is 16.6 Å². The largest absolute Gasteiger partial charge is 0.353 e. The number of imidazole rings is 1. The van der Waals surface area contributed by atoms with Gasteiger partial charge >= 0.3 is 0 Å². The van der Waals surface area contributed by atoms with Crippen molar-refractivity contribution in [3.8, 4) is 11.3 Å². The van der Waals surface area contributed by atoms with E-state index in [0.717, 1.165) is 43.1 Å². The topological polar surface area (TPSA) is 42.2 Å². The highest BCUT2D eigenvalue weighted by Crippen LogP contribution is 2.22. The maximum Gasteiger partial charge on any atom is 0.223 e. The Balaban J connectivity index is 1.60. The lowest BCUT2D eigenvalue weighted by molar-refractivity contribution is -0.127. The Morgan fingerprint density at radius 1 is 1.18 bits per heavy atom. The van der Waals surface area contributed by atoms with Crippen LogP contribution >= 0.6 is 12.2 Å². The van der Waals surface area contributed by atoms with E-state index in [0.29, 0.717) is 5.92 Å². The molecule has 1 N–H and O–H groups in total. The van der Waals surface area contributed by atoms with Crippen LogP contribution in [0.4, 0.5) is 0 Å². The molecule has 0 aliphatic carbocycles. The first kappa shape index (κ1) is 20.8. The van der Waals surface area contributed by atoms with Gasteiger partial charge in [0.05, 0.1) is 12.4 Å². The van der Waals surface area contributed by atoms with Crippen molar-refractivity contribution in [2.24, 2.45) is 18.9 Å². The Morgan fingerprint density at radius 2 is 1.82 bits per heavy atom. The summed E-state index contributed by atoms with van der Waals surface area (Å²) in [5.74, 6) is 0.799. The van der Waals surface area contributed by atoms with Gasteiger partial charge in [-0.2, -0.15) is 0 Å². The third-order valence-corrected chi connectivity index (χ3v) is 6.43. The number of hydrogen-bond acceptors (Lipinski definition) is 3. The second kappa shape index (κ2) is 9.05. The van der Waals surface area contributed by atoms with Crippen molar-refractivity contribution >= 4 is 18.1 Å². The molecule has 2 heterocycles. The highest BCUT2D eigenvalue weighted by molar-refractivity contribution is 7.71. The van der Waals surface area contributed by atoms with Crippen LogP contribution < -0.4 is 5.32 Å². The number of benzene rings is 1. The molecule has 152 valence electrons. The molecule has 1 amide bonds. The van der Waals surface area contributed by atoms with Crippen molar-refractivity contribution < 1.29 is 4.79 Å². The summed E-state index contributed by atoms with van der Waals surface area (Å²) in [6.45, 7) is 8.98. The van der Waals surface area contributed by atoms with Crippen LogP contribution in [0.25, 0.3) is 11.3 Å². The number of carbonyl (C=O) groups excluding carboxylic acids is 1. The van der Waals surface area contributed by atoms with Gasteiger partial charge in [0.1, 0.15) is 0 Å². The minimum absolute atomic E-state index is 0.126. The van der Waals surface area contributed by atoms with Gasteiger partial charge in [-0.25, -0.2) is 0 Å². The van der Waals surface area contributed by atoms with E-state index in [9.17, 15) is 4.79 Å². The molecule has 1 atom stereocenters. The van der Waals surface area contributed by atoms with E-state index in [4.69, 9.17) is 12.2 Å². The summed E-state index contributed by atoms with van der Waals surface area (Å²) in [4.78, 5) is 14.9. The monoisotopic (exact) mass is 400 g/mol. The maximum atomic E-state index is 12.5. The number of rotatable bonds is 6. The zero-order valence-corrected chi connectivity index (χ0v) is 18.2. The number of aromatic nitrogens is 2. The Kier molecular flexibility index (Phi) is 6.73. The number of carbonyl (C=O) groups is 1. The fraction of sp³-hybridized carbons (Fsp3) is 0.545. The van der Waals surface area contributed by atoms with Crippen molar-refractivity contribution in [1.29, 1.82) is 0 Å². The molecular formula is C22H32N4OS. The zero-order valence-electron chi connectivity index (χ0n) is 17.4. The van der Waals surface area contributed by atoms with Gasteiger partial charge in [-0.05, 0) is 43.5 Å². The van der Waals surface area contributed by atoms with E-state index in [2.05, 4.69) is 58.5 Å². The number of amides is 1. The smallest absolute Gasteiger partial charge is 0.223 e.